The van der Waals surface area contributed by atoms with Gasteiger partial charge >= 0.3 is 6.30 Å². The summed E-state index contributed by atoms with van der Waals surface area (Å²) in [7, 11) is 0. The second-order valence-corrected chi connectivity index (χ2v) is 6.83. The van der Waals surface area contributed by atoms with E-state index in [1.807, 2.05) is 18.2 Å². The van der Waals surface area contributed by atoms with Gasteiger partial charge in [-0.3, -0.25) is 4.90 Å². The molecule has 0 spiro atoms. The van der Waals surface area contributed by atoms with E-state index in [0.29, 0.717) is 28.8 Å². The molecule has 2 saturated heterocycles. The lowest BCUT2D eigenvalue weighted by atomic mass is 9.97. The van der Waals surface area contributed by atoms with Crippen LogP contribution in [0, 0.1) is 0 Å². The highest BCUT2D eigenvalue weighted by Crippen LogP contribution is 2.30. The second kappa shape index (κ2) is 6.94. The molecule has 2 aliphatic rings. The van der Waals surface area contributed by atoms with Crippen molar-refractivity contribution in [2.24, 2.45) is 0 Å². The van der Waals surface area contributed by atoms with Gasteiger partial charge in [0, 0.05) is 42.9 Å². The molecule has 0 bridgehead atoms. The van der Waals surface area contributed by atoms with Gasteiger partial charge in [-0.25, -0.2) is 4.90 Å². The highest BCUT2D eigenvalue weighted by atomic mass is 35.5. The summed E-state index contributed by atoms with van der Waals surface area (Å²) >= 11 is 6.16. The third kappa shape index (κ3) is 3.87. The largest absolute Gasteiger partial charge is 0.459 e. The Morgan fingerprint density at radius 1 is 1.21 bits per heavy atom. The summed E-state index contributed by atoms with van der Waals surface area (Å²) in [6, 6.07) is 6.34. The quantitative estimate of drug-likeness (QED) is 0.818. The zero-order chi connectivity index (χ0) is 17.3. The first kappa shape index (κ1) is 17.6. The van der Waals surface area contributed by atoms with Crippen LogP contribution >= 0.6 is 11.6 Å². The predicted molar refractivity (Wildman–Crippen MR) is 91.2 cm³/mol. The Balaban J connectivity index is 1.45. The van der Waals surface area contributed by atoms with Crippen molar-refractivity contribution in [3.63, 3.8) is 0 Å². The van der Waals surface area contributed by atoms with Crippen LogP contribution in [0.25, 0.3) is 6.08 Å². The van der Waals surface area contributed by atoms with Crippen LogP contribution in [0.3, 0.4) is 0 Å². The first-order valence-corrected chi connectivity index (χ1v) is 8.49. The topological polar surface area (TPSA) is 18.5 Å². The van der Waals surface area contributed by atoms with E-state index >= 15 is 0 Å². The molecule has 0 saturated carbocycles. The van der Waals surface area contributed by atoms with E-state index < -0.39 is 6.30 Å². The molecule has 0 atom stereocenters. The molecule has 2 aliphatic heterocycles. The molecule has 1 aromatic carbocycles. The van der Waals surface area contributed by atoms with E-state index in [0.717, 1.165) is 24.3 Å². The fourth-order valence-electron chi connectivity index (χ4n) is 3.40. The van der Waals surface area contributed by atoms with Crippen molar-refractivity contribution in [1.82, 2.24) is 9.80 Å². The van der Waals surface area contributed by atoms with Gasteiger partial charge in [0.15, 0.2) is 0 Å². The molecule has 2 heterocycles. The normalized spacial score (nSPS) is 21.5. The maximum atomic E-state index is 12.6. The number of hydrogen-bond acceptors (Lipinski definition) is 3. The van der Waals surface area contributed by atoms with Gasteiger partial charge in [-0.15, -0.1) is 0 Å². The Morgan fingerprint density at radius 3 is 2.42 bits per heavy atom. The van der Waals surface area contributed by atoms with Crippen LogP contribution < -0.4 is 5.32 Å². The van der Waals surface area contributed by atoms with E-state index in [9.17, 15) is 13.2 Å². The van der Waals surface area contributed by atoms with Crippen molar-refractivity contribution in [3.05, 3.63) is 35.4 Å². The zero-order valence-corrected chi connectivity index (χ0v) is 14.1. The number of piperidine rings is 1. The number of halogens is 4. The summed E-state index contributed by atoms with van der Waals surface area (Å²) < 4.78 is 37.9. The van der Waals surface area contributed by atoms with Gasteiger partial charge in [0.2, 0.25) is 0 Å². The van der Waals surface area contributed by atoms with Crippen molar-refractivity contribution in [2.45, 2.75) is 31.2 Å². The number of alkyl halides is 3. The Labute approximate surface area is 145 Å². The summed E-state index contributed by atoms with van der Waals surface area (Å²) in [5.74, 6) is 0. The number of nitrogens with zero attached hydrogens (tertiary/aromatic N) is 2. The molecule has 1 aromatic rings. The van der Waals surface area contributed by atoms with E-state index in [2.05, 4.69) is 16.8 Å². The highest BCUT2D eigenvalue weighted by Gasteiger charge is 2.41. The molecule has 0 aliphatic carbocycles. The van der Waals surface area contributed by atoms with Crippen molar-refractivity contribution < 1.29 is 13.2 Å². The Morgan fingerprint density at radius 2 is 1.88 bits per heavy atom. The number of hydrogen-bond donors (Lipinski definition) is 1. The lowest BCUT2D eigenvalue weighted by Crippen LogP contribution is -2.61. The standard InChI is InChI=1S/C17H21ClF3N3/c1-2-12-3-4-13(9-16(12)18)22-14-10-23(11-14)15-5-7-24(8-6-15)17(19,20)21/h2-4,9,14-15,22H,1,5-8,10-11H2. The summed E-state index contributed by atoms with van der Waals surface area (Å²) in [5, 5.41) is 4.08. The van der Waals surface area contributed by atoms with Crippen molar-refractivity contribution in [3.8, 4) is 0 Å². The maximum Gasteiger partial charge on any atom is 0.459 e. The van der Waals surface area contributed by atoms with Crippen LogP contribution in [-0.2, 0) is 0 Å². The molecular weight excluding hydrogens is 339 g/mol. The fraction of sp³-hybridized carbons (Fsp3) is 0.529. The van der Waals surface area contributed by atoms with Crippen LogP contribution in [0.5, 0.6) is 0 Å². The molecule has 0 aromatic heterocycles. The van der Waals surface area contributed by atoms with Crippen molar-refractivity contribution in [1.29, 1.82) is 0 Å². The third-order valence-corrected chi connectivity index (χ3v) is 5.17. The minimum absolute atomic E-state index is 0.0986. The molecule has 1 N–H and O–H groups in total. The van der Waals surface area contributed by atoms with Crippen molar-refractivity contribution in [2.75, 3.05) is 31.5 Å². The summed E-state index contributed by atoms with van der Waals surface area (Å²) in [5.41, 5.74) is 1.86. The van der Waals surface area contributed by atoms with E-state index in [1.54, 1.807) is 6.08 Å². The third-order valence-electron chi connectivity index (χ3n) is 4.84. The first-order chi connectivity index (χ1) is 11.4. The average molecular weight is 360 g/mol. The molecule has 0 amide bonds. The second-order valence-electron chi connectivity index (χ2n) is 6.42. The van der Waals surface area contributed by atoms with Crippen molar-refractivity contribution >= 4 is 23.4 Å². The van der Waals surface area contributed by atoms with Crippen LogP contribution in [0.4, 0.5) is 18.9 Å². The van der Waals surface area contributed by atoms with Crippen LogP contribution in [0.1, 0.15) is 18.4 Å². The fourth-order valence-corrected chi connectivity index (χ4v) is 3.66. The molecule has 132 valence electrons. The Hall–Kier alpha value is -1.24. The van der Waals surface area contributed by atoms with Crippen LogP contribution in [0.2, 0.25) is 5.02 Å². The molecule has 7 heteroatoms. The monoisotopic (exact) mass is 359 g/mol. The number of benzene rings is 1. The van der Waals surface area contributed by atoms with Crippen LogP contribution in [-0.4, -0.2) is 54.4 Å². The minimum atomic E-state index is -4.19. The molecular formula is C17H21ClF3N3. The molecule has 2 fully saturated rings. The van der Waals surface area contributed by atoms with Gasteiger partial charge in [-0.05, 0) is 30.5 Å². The lowest BCUT2D eigenvalue weighted by molar-refractivity contribution is -0.252. The highest BCUT2D eigenvalue weighted by molar-refractivity contribution is 6.32. The number of nitrogens with one attached hydrogen (secondary N) is 1. The van der Waals surface area contributed by atoms with E-state index in [1.165, 1.54) is 0 Å². The minimum Gasteiger partial charge on any atom is -0.380 e. The first-order valence-electron chi connectivity index (χ1n) is 8.11. The molecule has 0 unspecified atom stereocenters. The van der Waals surface area contributed by atoms with Gasteiger partial charge in [-0.2, -0.15) is 13.2 Å². The van der Waals surface area contributed by atoms with Gasteiger partial charge in [-0.1, -0.05) is 30.3 Å². The predicted octanol–water partition coefficient (Wildman–Crippen LogP) is 4.06. The molecule has 24 heavy (non-hydrogen) atoms. The summed E-state index contributed by atoms with van der Waals surface area (Å²) in [4.78, 5) is 2.88. The van der Waals surface area contributed by atoms with Crippen LogP contribution in [0.15, 0.2) is 24.8 Å². The molecule has 3 rings (SSSR count). The van der Waals surface area contributed by atoms with Gasteiger partial charge in [0.05, 0.1) is 6.04 Å². The summed E-state index contributed by atoms with van der Waals surface area (Å²) in [6.45, 7) is 5.62. The zero-order valence-electron chi connectivity index (χ0n) is 13.3. The number of rotatable bonds is 4. The lowest BCUT2D eigenvalue weighted by Gasteiger charge is -2.47. The van der Waals surface area contributed by atoms with E-state index in [-0.39, 0.29) is 19.1 Å². The van der Waals surface area contributed by atoms with Gasteiger partial charge in [0.25, 0.3) is 0 Å². The smallest absolute Gasteiger partial charge is 0.380 e. The SMILES string of the molecule is C=Cc1ccc(NC2CN(C3CCN(C(F)(F)F)CC3)C2)cc1Cl. The Kier molecular flexibility index (Phi) is 5.08. The van der Waals surface area contributed by atoms with Gasteiger partial charge in [0.1, 0.15) is 0 Å². The average Bonchev–Trinajstić information content (AvgIpc) is 2.50. The van der Waals surface area contributed by atoms with Gasteiger partial charge < -0.3 is 5.32 Å². The maximum absolute atomic E-state index is 12.6. The molecule has 0 radical (unpaired) electrons. The molecule has 3 nitrogen and oxygen atoms in total. The van der Waals surface area contributed by atoms with E-state index in [4.69, 9.17) is 11.6 Å². The number of likely N-dealkylation sites (tertiary alicyclic amines) is 2. The summed E-state index contributed by atoms with van der Waals surface area (Å²) in [6.07, 6.45) is -1.33. The Bertz CT molecular complexity index is 591. The number of anilines is 1.